The molecular formula is C11H11F2IN4. The van der Waals surface area contributed by atoms with E-state index in [1.807, 2.05) is 0 Å². The van der Waals surface area contributed by atoms with Crippen molar-refractivity contribution in [1.29, 1.82) is 0 Å². The maximum absolute atomic E-state index is 13.2. The van der Waals surface area contributed by atoms with E-state index >= 15 is 0 Å². The second-order valence-electron chi connectivity index (χ2n) is 4.58. The van der Waals surface area contributed by atoms with E-state index in [1.165, 1.54) is 6.33 Å². The molecule has 4 nitrogen and oxygen atoms in total. The van der Waals surface area contributed by atoms with Crippen molar-refractivity contribution in [2.75, 3.05) is 0 Å². The molecule has 2 aromatic heterocycles. The van der Waals surface area contributed by atoms with Crippen LogP contribution in [0.25, 0.3) is 11.0 Å². The molecule has 0 spiro atoms. The summed E-state index contributed by atoms with van der Waals surface area (Å²) in [5.41, 5.74) is 0.740. The lowest BCUT2D eigenvalue weighted by Crippen LogP contribution is -2.26. The molecule has 0 N–H and O–H groups in total. The summed E-state index contributed by atoms with van der Waals surface area (Å²) in [5, 5.41) is 5.30. The molecule has 0 aromatic carbocycles. The molecule has 2 heterocycles. The number of hydrogen-bond acceptors (Lipinski definition) is 3. The minimum atomic E-state index is -2.51. The molecule has 0 atom stereocenters. The Kier molecular flexibility index (Phi) is 2.95. The molecule has 0 aliphatic heterocycles. The molecule has 0 amide bonds. The standard InChI is InChI=1S/C11H11F2IN4/c12-11(13)3-1-7(2-4-11)18-10-8(9(14)17-18)5-15-6-16-10/h5-7H,1-4H2. The van der Waals surface area contributed by atoms with Crippen LogP contribution in [0.1, 0.15) is 31.7 Å². The summed E-state index contributed by atoms with van der Waals surface area (Å²) in [6, 6.07) is 0.0190. The van der Waals surface area contributed by atoms with E-state index < -0.39 is 5.92 Å². The van der Waals surface area contributed by atoms with Crippen LogP contribution in [-0.4, -0.2) is 25.7 Å². The van der Waals surface area contributed by atoms with Gasteiger partial charge in [0.2, 0.25) is 5.92 Å². The Morgan fingerprint density at radius 2 is 2.06 bits per heavy atom. The molecule has 0 radical (unpaired) electrons. The molecule has 0 bridgehead atoms. The molecule has 1 fully saturated rings. The fourth-order valence-electron chi connectivity index (χ4n) is 2.37. The summed E-state index contributed by atoms with van der Waals surface area (Å²) in [6.07, 6.45) is 3.94. The van der Waals surface area contributed by atoms with Gasteiger partial charge in [-0.05, 0) is 35.4 Å². The lowest BCUT2D eigenvalue weighted by Gasteiger charge is -2.28. The topological polar surface area (TPSA) is 43.6 Å². The molecule has 7 heteroatoms. The van der Waals surface area contributed by atoms with Gasteiger partial charge in [0, 0.05) is 19.0 Å². The fraction of sp³-hybridized carbons (Fsp3) is 0.545. The first-order valence-electron chi connectivity index (χ1n) is 5.78. The quantitative estimate of drug-likeness (QED) is 0.731. The van der Waals surface area contributed by atoms with Gasteiger partial charge in [-0.1, -0.05) is 0 Å². The molecule has 18 heavy (non-hydrogen) atoms. The Morgan fingerprint density at radius 1 is 1.33 bits per heavy atom. The number of fused-ring (bicyclic) bond motifs is 1. The Morgan fingerprint density at radius 3 is 2.78 bits per heavy atom. The van der Waals surface area contributed by atoms with Crippen molar-refractivity contribution in [2.45, 2.75) is 37.6 Å². The van der Waals surface area contributed by atoms with Crippen LogP contribution in [0.15, 0.2) is 12.5 Å². The van der Waals surface area contributed by atoms with E-state index in [0.29, 0.717) is 12.8 Å². The van der Waals surface area contributed by atoms with Crippen LogP contribution in [0, 0.1) is 3.70 Å². The Hall–Kier alpha value is -0.860. The van der Waals surface area contributed by atoms with Gasteiger partial charge in [0.05, 0.1) is 11.4 Å². The molecule has 96 valence electrons. The van der Waals surface area contributed by atoms with Crippen molar-refractivity contribution in [3.05, 3.63) is 16.2 Å². The van der Waals surface area contributed by atoms with E-state index in [4.69, 9.17) is 0 Å². The van der Waals surface area contributed by atoms with Crippen molar-refractivity contribution in [3.8, 4) is 0 Å². The van der Waals surface area contributed by atoms with Crippen LogP contribution < -0.4 is 0 Å². The fourth-order valence-corrected chi connectivity index (χ4v) is 2.98. The third kappa shape index (κ3) is 2.08. The van der Waals surface area contributed by atoms with Gasteiger partial charge in [-0.15, -0.1) is 0 Å². The molecule has 1 aliphatic rings. The van der Waals surface area contributed by atoms with Crippen LogP contribution in [0.4, 0.5) is 8.78 Å². The molecular weight excluding hydrogens is 353 g/mol. The Labute approximate surface area is 116 Å². The summed E-state index contributed by atoms with van der Waals surface area (Å²) >= 11 is 2.12. The Bertz CT molecular complexity index is 573. The van der Waals surface area contributed by atoms with Gasteiger partial charge in [0.1, 0.15) is 10.0 Å². The van der Waals surface area contributed by atoms with Gasteiger partial charge >= 0.3 is 0 Å². The third-order valence-corrected chi connectivity index (χ3v) is 4.16. The zero-order valence-electron chi connectivity index (χ0n) is 9.48. The highest BCUT2D eigenvalue weighted by Crippen LogP contribution is 2.39. The monoisotopic (exact) mass is 364 g/mol. The zero-order chi connectivity index (χ0) is 12.8. The number of rotatable bonds is 1. The van der Waals surface area contributed by atoms with Crippen molar-refractivity contribution in [1.82, 2.24) is 19.7 Å². The Balaban J connectivity index is 1.96. The predicted molar refractivity (Wildman–Crippen MR) is 70.5 cm³/mol. The second kappa shape index (κ2) is 4.36. The molecule has 3 rings (SSSR count). The van der Waals surface area contributed by atoms with Crippen molar-refractivity contribution < 1.29 is 8.78 Å². The van der Waals surface area contributed by atoms with Crippen LogP contribution in [0.3, 0.4) is 0 Å². The van der Waals surface area contributed by atoms with Gasteiger partial charge in [0.15, 0.2) is 5.65 Å². The maximum Gasteiger partial charge on any atom is 0.248 e. The molecule has 1 aliphatic carbocycles. The predicted octanol–water partition coefficient (Wildman–Crippen LogP) is 3.18. The number of aromatic nitrogens is 4. The highest BCUT2D eigenvalue weighted by atomic mass is 127. The summed E-state index contributed by atoms with van der Waals surface area (Å²) in [4.78, 5) is 8.18. The normalized spacial score (nSPS) is 20.4. The maximum atomic E-state index is 13.2. The van der Waals surface area contributed by atoms with Crippen molar-refractivity contribution >= 4 is 33.6 Å². The van der Waals surface area contributed by atoms with Gasteiger partial charge in [0.25, 0.3) is 0 Å². The first-order chi connectivity index (χ1) is 8.57. The number of hydrogen-bond donors (Lipinski definition) is 0. The average Bonchev–Trinajstić information content (AvgIpc) is 2.68. The minimum Gasteiger partial charge on any atom is -0.244 e. The summed E-state index contributed by atoms with van der Waals surface area (Å²) in [5.74, 6) is -2.51. The third-order valence-electron chi connectivity index (χ3n) is 3.36. The van der Waals surface area contributed by atoms with E-state index in [0.717, 1.165) is 14.7 Å². The largest absolute Gasteiger partial charge is 0.248 e. The smallest absolute Gasteiger partial charge is 0.244 e. The van der Waals surface area contributed by atoms with E-state index in [1.54, 1.807) is 10.9 Å². The molecule has 2 aromatic rings. The van der Waals surface area contributed by atoms with Crippen LogP contribution in [0.5, 0.6) is 0 Å². The highest BCUT2D eigenvalue weighted by molar-refractivity contribution is 14.1. The summed E-state index contributed by atoms with van der Waals surface area (Å²) < 4.78 is 28.9. The molecule has 0 saturated heterocycles. The summed E-state index contributed by atoms with van der Waals surface area (Å²) in [7, 11) is 0. The van der Waals surface area contributed by atoms with E-state index in [-0.39, 0.29) is 18.9 Å². The van der Waals surface area contributed by atoms with Crippen LogP contribution >= 0.6 is 22.6 Å². The van der Waals surface area contributed by atoms with Crippen LogP contribution in [0.2, 0.25) is 0 Å². The van der Waals surface area contributed by atoms with Gasteiger partial charge in [-0.2, -0.15) is 5.10 Å². The molecule has 0 unspecified atom stereocenters. The first-order valence-corrected chi connectivity index (χ1v) is 6.86. The minimum absolute atomic E-state index is 0.0190. The highest BCUT2D eigenvalue weighted by Gasteiger charge is 2.36. The number of nitrogens with zero attached hydrogens (tertiary/aromatic N) is 4. The van der Waals surface area contributed by atoms with Gasteiger partial charge < -0.3 is 0 Å². The summed E-state index contributed by atoms with van der Waals surface area (Å²) in [6.45, 7) is 0. The van der Waals surface area contributed by atoms with Gasteiger partial charge in [-0.25, -0.2) is 23.4 Å². The number of halogens is 3. The van der Waals surface area contributed by atoms with E-state index in [9.17, 15) is 8.78 Å². The lowest BCUT2D eigenvalue weighted by molar-refractivity contribution is -0.0446. The average molecular weight is 364 g/mol. The lowest BCUT2D eigenvalue weighted by atomic mass is 9.92. The first kappa shape index (κ1) is 12.2. The second-order valence-corrected chi connectivity index (χ2v) is 5.60. The van der Waals surface area contributed by atoms with Crippen molar-refractivity contribution in [3.63, 3.8) is 0 Å². The van der Waals surface area contributed by atoms with E-state index in [2.05, 4.69) is 37.7 Å². The van der Waals surface area contributed by atoms with Crippen molar-refractivity contribution in [2.24, 2.45) is 0 Å². The number of alkyl halides is 2. The van der Waals surface area contributed by atoms with Crippen LogP contribution in [-0.2, 0) is 0 Å². The van der Waals surface area contributed by atoms with Gasteiger partial charge in [-0.3, -0.25) is 0 Å². The SMILES string of the molecule is FC1(F)CCC(n2nc(I)c3cncnc32)CC1. The molecule has 1 saturated carbocycles. The zero-order valence-corrected chi connectivity index (χ0v) is 11.6.